The highest BCUT2D eigenvalue weighted by Crippen LogP contribution is 2.33. The van der Waals surface area contributed by atoms with Gasteiger partial charge in [-0.3, -0.25) is 9.59 Å². The fourth-order valence-corrected chi connectivity index (χ4v) is 3.76. The van der Waals surface area contributed by atoms with Crippen LogP contribution >= 0.6 is 0 Å². The minimum atomic E-state index is -0.132. The summed E-state index contributed by atoms with van der Waals surface area (Å²) in [6, 6.07) is 5.46. The number of anilines is 1. The normalized spacial score (nSPS) is 19.4. The molecule has 130 valence electrons. The Bertz CT molecular complexity index is 845. The third-order valence-corrected chi connectivity index (χ3v) is 4.96. The molecule has 1 fully saturated rings. The molecule has 2 aromatic rings. The maximum atomic E-state index is 13.0. The van der Waals surface area contributed by atoms with Crippen molar-refractivity contribution in [2.75, 3.05) is 18.0 Å². The minimum absolute atomic E-state index is 0.0194. The molecule has 3 heterocycles. The van der Waals surface area contributed by atoms with Crippen molar-refractivity contribution in [3.05, 3.63) is 41.0 Å². The number of carbonyl (C=O) groups excluding carboxylic acids is 2. The van der Waals surface area contributed by atoms with Crippen molar-refractivity contribution in [3.8, 4) is 0 Å². The Balaban J connectivity index is 1.60. The largest absolute Gasteiger partial charge is 0.340 e. The fourth-order valence-electron chi connectivity index (χ4n) is 3.76. The maximum Gasteiger partial charge on any atom is 0.254 e. The monoisotopic (exact) mass is 340 g/mol. The van der Waals surface area contributed by atoms with Gasteiger partial charge in [0.15, 0.2) is 5.82 Å². The molecule has 7 nitrogen and oxygen atoms in total. The van der Waals surface area contributed by atoms with Crippen molar-refractivity contribution in [1.82, 2.24) is 15.0 Å². The average molecular weight is 340 g/mol. The van der Waals surface area contributed by atoms with Gasteiger partial charge >= 0.3 is 0 Å². The molecule has 2 amide bonds. The number of aryl methyl sites for hydroxylation is 1. The van der Waals surface area contributed by atoms with Gasteiger partial charge in [-0.05, 0) is 43.0 Å². The molecule has 0 bridgehead atoms. The lowest BCUT2D eigenvalue weighted by Gasteiger charge is -2.22. The Labute approximate surface area is 145 Å². The summed E-state index contributed by atoms with van der Waals surface area (Å²) < 4.78 is 5.07. The first-order valence-corrected chi connectivity index (χ1v) is 8.57. The topological polar surface area (TPSA) is 79.5 Å². The van der Waals surface area contributed by atoms with Gasteiger partial charge < -0.3 is 14.3 Å². The number of rotatable bonds is 2. The molecule has 7 heteroatoms. The quantitative estimate of drug-likeness (QED) is 0.838. The third-order valence-electron chi connectivity index (χ3n) is 4.96. The molecule has 0 saturated carbocycles. The first-order chi connectivity index (χ1) is 12.0. The highest BCUT2D eigenvalue weighted by molar-refractivity contribution is 5.98. The van der Waals surface area contributed by atoms with Crippen molar-refractivity contribution < 1.29 is 14.1 Å². The van der Waals surface area contributed by atoms with Gasteiger partial charge in [0.2, 0.25) is 11.8 Å². The van der Waals surface area contributed by atoms with E-state index >= 15 is 0 Å². The fraction of sp³-hybridized carbons (Fsp3) is 0.444. The molecule has 2 aliphatic rings. The number of aromatic nitrogens is 2. The molecular weight excluding hydrogens is 320 g/mol. The summed E-state index contributed by atoms with van der Waals surface area (Å²) in [7, 11) is 0. The van der Waals surface area contributed by atoms with Gasteiger partial charge in [0.1, 0.15) is 0 Å². The van der Waals surface area contributed by atoms with Crippen LogP contribution in [0.2, 0.25) is 0 Å². The Kier molecular flexibility index (Phi) is 3.78. The zero-order valence-electron chi connectivity index (χ0n) is 14.4. The van der Waals surface area contributed by atoms with Gasteiger partial charge in [0, 0.05) is 38.2 Å². The summed E-state index contributed by atoms with van der Waals surface area (Å²) in [5.74, 6) is 1.10. The SMILES string of the molecule is CC(=O)N1CCc2cc(C(=O)N3CCCC3c3noc(C)n3)ccc21. The zero-order chi connectivity index (χ0) is 17.6. The summed E-state index contributed by atoms with van der Waals surface area (Å²) >= 11 is 0. The van der Waals surface area contributed by atoms with Crippen LogP contribution in [0.4, 0.5) is 5.69 Å². The molecule has 4 rings (SSSR count). The molecule has 0 spiro atoms. The predicted octanol–water partition coefficient (Wildman–Crippen LogP) is 2.26. The molecular formula is C18H20N4O3. The second kappa shape index (κ2) is 5.98. The Morgan fingerprint density at radius 3 is 2.84 bits per heavy atom. The van der Waals surface area contributed by atoms with Crippen LogP contribution in [-0.4, -0.2) is 39.9 Å². The Morgan fingerprint density at radius 2 is 2.12 bits per heavy atom. The summed E-state index contributed by atoms with van der Waals surface area (Å²) in [6.45, 7) is 4.68. The van der Waals surface area contributed by atoms with E-state index < -0.39 is 0 Å². The van der Waals surface area contributed by atoms with Crippen molar-refractivity contribution in [2.45, 2.75) is 39.2 Å². The predicted molar refractivity (Wildman–Crippen MR) is 90.2 cm³/mol. The van der Waals surface area contributed by atoms with Gasteiger partial charge in [-0.1, -0.05) is 5.16 Å². The lowest BCUT2D eigenvalue weighted by atomic mass is 10.1. The summed E-state index contributed by atoms with van der Waals surface area (Å²) in [5, 5.41) is 3.99. The number of hydrogen-bond acceptors (Lipinski definition) is 5. The number of carbonyl (C=O) groups is 2. The minimum Gasteiger partial charge on any atom is -0.340 e. The number of fused-ring (bicyclic) bond motifs is 1. The molecule has 1 saturated heterocycles. The molecule has 25 heavy (non-hydrogen) atoms. The lowest BCUT2D eigenvalue weighted by Crippen LogP contribution is -2.31. The molecule has 1 aromatic carbocycles. The molecule has 0 radical (unpaired) electrons. The molecule has 1 aromatic heterocycles. The highest BCUT2D eigenvalue weighted by atomic mass is 16.5. The van der Waals surface area contributed by atoms with Crippen LogP contribution in [-0.2, 0) is 11.2 Å². The number of likely N-dealkylation sites (tertiary alicyclic amines) is 1. The summed E-state index contributed by atoms with van der Waals surface area (Å²) in [4.78, 5) is 32.5. The van der Waals surface area contributed by atoms with Crippen molar-refractivity contribution in [3.63, 3.8) is 0 Å². The Hall–Kier alpha value is -2.70. The van der Waals surface area contributed by atoms with Crippen LogP contribution in [0.25, 0.3) is 0 Å². The standard InChI is InChI=1S/C18H20N4O3/c1-11-19-17(20-25-11)16-4-3-8-22(16)18(24)14-5-6-15-13(10-14)7-9-21(15)12(2)23/h5-6,10,16H,3-4,7-9H2,1-2H3. The molecule has 0 N–H and O–H groups in total. The number of nitrogens with zero attached hydrogens (tertiary/aromatic N) is 4. The van der Waals surface area contributed by atoms with E-state index in [0.29, 0.717) is 30.4 Å². The first kappa shape index (κ1) is 15.8. The third kappa shape index (κ3) is 2.69. The number of benzene rings is 1. The van der Waals surface area contributed by atoms with Crippen molar-refractivity contribution in [1.29, 1.82) is 0 Å². The van der Waals surface area contributed by atoms with E-state index in [0.717, 1.165) is 30.5 Å². The molecule has 1 unspecified atom stereocenters. The van der Waals surface area contributed by atoms with Crippen LogP contribution in [0.1, 0.15) is 53.4 Å². The van der Waals surface area contributed by atoms with E-state index in [1.54, 1.807) is 24.8 Å². The van der Waals surface area contributed by atoms with Gasteiger partial charge in [-0.15, -0.1) is 0 Å². The van der Waals surface area contributed by atoms with Gasteiger partial charge in [-0.25, -0.2) is 0 Å². The highest BCUT2D eigenvalue weighted by Gasteiger charge is 2.34. The molecule has 1 atom stereocenters. The van der Waals surface area contributed by atoms with Gasteiger partial charge in [0.25, 0.3) is 5.91 Å². The van der Waals surface area contributed by atoms with Crippen LogP contribution in [0, 0.1) is 6.92 Å². The molecule has 0 aliphatic carbocycles. The van der Waals surface area contributed by atoms with E-state index in [1.807, 2.05) is 17.0 Å². The van der Waals surface area contributed by atoms with E-state index in [1.165, 1.54) is 0 Å². The number of hydrogen-bond donors (Lipinski definition) is 0. The first-order valence-electron chi connectivity index (χ1n) is 8.57. The van der Waals surface area contributed by atoms with Gasteiger partial charge in [0.05, 0.1) is 6.04 Å². The van der Waals surface area contributed by atoms with Crippen LogP contribution in [0.15, 0.2) is 22.7 Å². The Morgan fingerprint density at radius 1 is 1.28 bits per heavy atom. The maximum absolute atomic E-state index is 13.0. The molecule has 2 aliphatic heterocycles. The van der Waals surface area contributed by atoms with Crippen LogP contribution < -0.4 is 4.90 Å². The second-order valence-electron chi connectivity index (χ2n) is 6.59. The number of amides is 2. The lowest BCUT2D eigenvalue weighted by molar-refractivity contribution is -0.116. The van der Waals surface area contributed by atoms with Crippen LogP contribution in [0.5, 0.6) is 0 Å². The average Bonchev–Trinajstić information content (AvgIpc) is 3.31. The van der Waals surface area contributed by atoms with E-state index in [4.69, 9.17) is 4.52 Å². The van der Waals surface area contributed by atoms with E-state index in [2.05, 4.69) is 10.1 Å². The van der Waals surface area contributed by atoms with E-state index in [-0.39, 0.29) is 17.9 Å². The van der Waals surface area contributed by atoms with Crippen LogP contribution in [0.3, 0.4) is 0 Å². The smallest absolute Gasteiger partial charge is 0.254 e. The van der Waals surface area contributed by atoms with Crippen molar-refractivity contribution in [2.24, 2.45) is 0 Å². The van der Waals surface area contributed by atoms with E-state index in [9.17, 15) is 9.59 Å². The summed E-state index contributed by atoms with van der Waals surface area (Å²) in [5.41, 5.74) is 2.61. The van der Waals surface area contributed by atoms with Crippen molar-refractivity contribution >= 4 is 17.5 Å². The summed E-state index contributed by atoms with van der Waals surface area (Å²) in [6.07, 6.45) is 2.55. The zero-order valence-corrected chi connectivity index (χ0v) is 14.4. The van der Waals surface area contributed by atoms with Gasteiger partial charge in [-0.2, -0.15) is 4.98 Å². The second-order valence-corrected chi connectivity index (χ2v) is 6.59.